The molecule has 0 fully saturated rings. The van der Waals surface area contributed by atoms with Crippen molar-refractivity contribution in [3.63, 3.8) is 0 Å². The first kappa shape index (κ1) is 13.2. The highest BCUT2D eigenvalue weighted by molar-refractivity contribution is 5.75. The zero-order chi connectivity index (χ0) is 12.8. The van der Waals surface area contributed by atoms with E-state index in [-0.39, 0.29) is 0 Å². The molecule has 0 spiro atoms. The summed E-state index contributed by atoms with van der Waals surface area (Å²) in [5, 5.41) is 0. The van der Waals surface area contributed by atoms with Crippen LogP contribution >= 0.6 is 0 Å². The molecule has 0 aliphatic heterocycles. The van der Waals surface area contributed by atoms with E-state index in [1.54, 1.807) is 6.08 Å². The van der Waals surface area contributed by atoms with E-state index < -0.39 is 0 Å². The molecule has 0 amide bonds. The summed E-state index contributed by atoms with van der Waals surface area (Å²) in [7, 11) is 0. The van der Waals surface area contributed by atoms with Crippen molar-refractivity contribution in [2.24, 2.45) is 0 Å². The summed E-state index contributed by atoms with van der Waals surface area (Å²) in [6, 6.07) is 2.10. The summed E-state index contributed by atoms with van der Waals surface area (Å²) in [4.78, 5) is 4.64. The molecule has 0 N–H and O–H groups in total. The largest absolute Gasteiger partial charge is 0.248 e. The van der Waals surface area contributed by atoms with Gasteiger partial charge < -0.3 is 0 Å². The molecule has 1 nitrogen and oxygen atoms in total. The van der Waals surface area contributed by atoms with Crippen molar-refractivity contribution < 1.29 is 0 Å². The van der Waals surface area contributed by atoms with Gasteiger partial charge in [0.15, 0.2) is 0 Å². The Balaban J connectivity index is 3.44. The summed E-state index contributed by atoms with van der Waals surface area (Å²) in [6.45, 7) is 13.7. The molecule has 1 rings (SSSR count). The predicted molar refractivity (Wildman–Crippen MR) is 77.6 cm³/mol. The first-order valence-electron chi connectivity index (χ1n) is 5.73. The summed E-state index contributed by atoms with van der Waals surface area (Å²) in [6.07, 6.45) is 9.73. The van der Waals surface area contributed by atoms with Crippen molar-refractivity contribution in [2.45, 2.75) is 20.8 Å². The third-order valence-corrected chi connectivity index (χ3v) is 2.62. The molecule has 0 aliphatic rings. The van der Waals surface area contributed by atoms with Crippen LogP contribution in [0.4, 0.5) is 0 Å². The fourth-order valence-corrected chi connectivity index (χ4v) is 1.76. The van der Waals surface area contributed by atoms with Gasteiger partial charge in [0.2, 0.25) is 0 Å². The smallest absolute Gasteiger partial charge is 0.0735 e. The topological polar surface area (TPSA) is 12.9 Å². The maximum atomic E-state index is 4.64. The average Bonchev–Trinajstić information content (AvgIpc) is 2.36. The van der Waals surface area contributed by atoms with Crippen LogP contribution in [0.1, 0.15) is 36.4 Å². The van der Waals surface area contributed by atoms with Crippen LogP contribution in [-0.2, 0) is 0 Å². The van der Waals surface area contributed by atoms with E-state index in [0.717, 1.165) is 28.1 Å². The number of hydrogen-bond donors (Lipinski definition) is 0. The highest BCUT2D eigenvalue weighted by Gasteiger charge is 2.07. The molecule has 17 heavy (non-hydrogen) atoms. The SMILES string of the molecule is C=Cc1cc(C)c(C(/C=C\C)=C/C)nc1C=C. The Kier molecular flexibility index (Phi) is 4.65. The Labute approximate surface area is 104 Å². The summed E-state index contributed by atoms with van der Waals surface area (Å²) in [5.74, 6) is 0. The van der Waals surface area contributed by atoms with Crippen LogP contribution in [0, 0.1) is 6.92 Å². The Morgan fingerprint density at radius 1 is 1.24 bits per heavy atom. The van der Waals surface area contributed by atoms with Crippen molar-refractivity contribution >= 4 is 17.7 Å². The molecule has 0 saturated heterocycles. The van der Waals surface area contributed by atoms with Crippen molar-refractivity contribution in [2.75, 3.05) is 0 Å². The van der Waals surface area contributed by atoms with Crippen LogP contribution in [0.3, 0.4) is 0 Å². The third-order valence-electron chi connectivity index (χ3n) is 2.62. The van der Waals surface area contributed by atoms with Crippen molar-refractivity contribution in [3.8, 4) is 0 Å². The number of hydrogen-bond acceptors (Lipinski definition) is 1. The van der Waals surface area contributed by atoms with Crippen molar-refractivity contribution in [1.82, 2.24) is 4.98 Å². The van der Waals surface area contributed by atoms with Crippen molar-refractivity contribution in [1.29, 1.82) is 0 Å². The fourth-order valence-electron chi connectivity index (χ4n) is 1.76. The van der Waals surface area contributed by atoms with Gasteiger partial charge in [0.05, 0.1) is 11.4 Å². The molecular formula is C16H19N. The molecule has 0 atom stereocenters. The van der Waals surface area contributed by atoms with Crippen LogP contribution in [0.15, 0.2) is 37.5 Å². The third kappa shape index (κ3) is 2.82. The number of rotatable bonds is 4. The summed E-state index contributed by atoms with van der Waals surface area (Å²) in [5.41, 5.74) is 5.19. The molecular weight excluding hydrogens is 206 g/mol. The first-order chi connectivity index (χ1) is 8.17. The maximum absolute atomic E-state index is 4.64. The minimum atomic E-state index is 0.879. The van der Waals surface area contributed by atoms with E-state index >= 15 is 0 Å². The number of aromatic nitrogens is 1. The quantitative estimate of drug-likeness (QED) is 0.679. The molecule has 0 bridgehead atoms. The second-order valence-corrected chi connectivity index (χ2v) is 3.78. The van der Waals surface area contributed by atoms with Gasteiger partial charge in [-0.2, -0.15) is 0 Å². The van der Waals surface area contributed by atoms with Gasteiger partial charge in [-0.3, -0.25) is 0 Å². The van der Waals surface area contributed by atoms with Crippen LogP contribution in [-0.4, -0.2) is 4.98 Å². The van der Waals surface area contributed by atoms with E-state index in [1.165, 1.54) is 0 Å². The molecule has 1 heterocycles. The van der Waals surface area contributed by atoms with Gasteiger partial charge in [-0.15, -0.1) is 0 Å². The van der Waals surface area contributed by atoms with E-state index in [1.807, 2.05) is 26.0 Å². The molecule has 0 radical (unpaired) electrons. The lowest BCUT2D eigenvalue weighted by molar-refractivity contribution is 1.19. The number of pyridine rings is 1. The average molecular weight is 225 g/mol. The molecule has 0 aromatic carbocycles. The van der Waals surface area contributed by atoms with Gasteiger partial charge >= 0.3 is 0 Å². The lowest BCUT2D eigenvalue weighted by atomic mass is 10.0. The van der Waals surface area contributed by atoms with E-state index in [0.29, 0.717) is 0 Å². The van der Waals surface area contributed by atoms with Crippen molar-refractivity contribution in [3.05, 3.63) is 60.0 Å². The minimum Gasteiger partial charge on any atom is -0.248 e. The number of allylic oxidation sites excluding steroid dienone is 4. The minimum absolute atomic E-state index is 0.879. The van der Waals surface area contributed by atoms with E-state index in [2.05, 4.69) is 43.3 Å². The van der Waals surface area contributed by atoms with Crippen LogP contribution in [0.5, 0.6) is 0 Å². The monoisotopic (exact) mass is 225 g/mol. The normalized spacial score (nSPS) is 11.8. The maximum Gasteiger partial charge on any atom is 0.0735 e. The van der Waals surface area contributed by atoms with Gasteiger partial charge in [0.25, 0.3) is 0 Å². The van der Waals surface area contributed by atoms with E-state index in [9.17, 15) is 0 Å². The van der Waals surface area contributed by atoms with Gasteiger partial charge in [-0.05, 0) is 49.6 Å². The molecule has 0 unspecified atom stereocenters. The van der Waals surface area contributed by atoms with E-state index in [4.69, 9.17) is 0 Å². The lowest BCUT2D eigenvalue weighted by Crippen LogP contribution is -1.97. The van der Waals surface area contributed by atoms with Crippen LogP contribution in [0.25, 0.3) is 17.7 Å². The molecule has 0 aliphatic carbocycles. The predicted octanol–water partition coefficient (Wildman–Crippen LogP) is 4.66. The zero-order valence-corrected chi connectivity index (χ0v) is 10.8. The van der Waals surface area contributed by atoms with Gasteiger partial charge in [-0.1, -0.05) is 37.5 Å². The Bertz CT molecular complexity index is 490. The second-order valence-electron chi connectivity index (χ2n) is 3.78. The first-order valence-corrected chi connectivity index (χ1v) is 5.73. The fraction of sp³-hybridized carbons (Fsp3) is 0.188. The molecule has 1 heteroatoms. The van der Waals surface area contributed by atoms with Crippen LogP contribution in [0.2, 0.25) is 0 Å². The van der Waals surface area contributed by atoms with Gasteiger partial charge in [0.1, 0.15) is 0 Å². The molecule has 1 aromatic rings. The van der Waals surface area contributed by atoms with Gasteiger partial charge in [0, 0.05) is 0 Å². The molecule has 0 saturated carbocycles. The van der Waals surface area contributed by atoms with Gasteiger partial charge in [-0.25, -0.2) is 4.98 Å². The second kappa shape index (κ2) is 6.00. The number of aryl methyl sites for hydroxylation is 1. The molecule has 1 aromatic heterocycles. The standard InChI is InChI=1S/C16H19N/c1-6-10-13(7-2)16-12(5)11-14(8-3)15(9-4)17-16/h6-11H,3-4H2,1-2,5H3/b10-6-,13-7+. The Morgan fingerprint density at radius 3 is 2.41 bits per heavy atom. The highest BCUT2D eigenvalue weighted by atomic mass is 14.7. The highest BCUT2D eigenvalue weighted by Crippen LogP contribution is 2.22. The molecule has 88 valence electrons. The Morgan fingerprint density at radius 2 is 1.94 bits per heavy atom. The Hall–Kier alpha value is -1.89. The number of nitrogens with zero attached hydrogens (tertiary/aromatic N) is 1. The zero-order valence-electron chi connectivity index (χ0n) is 10.8. The lowest BCUT2D eigenvalue weighted by Gasteiger charge is -2.10. The summed E-state index contributed by atoms with van der Waals surface area (Å²) < 4.78 is 0. The summed E-state index contributed by atoms with van der Waals surface area (Å²) >= 11 is 0. The van der Waals surface area contributed by atoms with Crippen LogP contribution < -0.4 is 0 Å².